The van der Waals surface area contributed by atoms with E-state index in [9.17, 15) is 0 Å². The van der Waals surface area contributed by atoms with Crippen LogP contribution in [-0.2, 0) is 0 Å². The van der Waals surface area contributed by atoms with Crippen LogP contribution in [0.15, 0.2) is 97.1 Å². The summed E-state index contributed by atoms with van der Waals surface area (Å²) in [6.45, 7) is 0.285. The lowest BCUT2D eigenvalue weighted by Gasteiger charge is -2.17. The molecule has 0 radical (unpaired) electrons. The van der Waals surface area contributed by atoms with Crippen molar-refractivity contribution < 1.29 is 9.47 Å². The molecule has 0 spiro atoms. The highest BCUT2D eigenvalue weighted by Gasteiger charge is 2.19. The van der Waals surface area contributed by atoms with E-state index >= 15 is 0 Å². The zero-order valence-electron chi connectivity index (χ0n) is 15.8. The first-order chi connectivity index (χ1) is 14.4. The van der Waals surface area contributed by atoms with Crippen LogP contribution >= 0.6 is 0 Å². The summed E-state index contributed by atoms with van der Waals surface area (Å²) in [6, 6.07) is 34.2. The standard InChI is InChI=1S/C27H18O2/c1-2-8-18(9-3-1)26-20-10-4-6-12-22(20)27(23-13-7-5-11-21(23)26)19-14-15-24-25(16-19)29-17-28-24/h1-16H,17H2. The topological polar surface area (TPSA) is 18.5 Å². The fourth-order valence-electron chi connectivity index (χ4n) is 4.41. The average molecular weight is 374 g/mol. The van der Waals surface area contributed by atoms with E-state index in [4.69, 9.17) is 9.47 Å². The minimum absolute atomic E-state index is 0.285. The van der Waals surface area contributed by atoms with Gasteiger partial charge in [0.25, 0.3) is 0 Å². The maximum atomic E-state index is 5.66. The van der Waals surface area contributed by atoms with Crippen molar-refractivity contribution >= 4 is 21.5 Å². The molecular formula is C27H18O2. The summed E-state index contributed by atoms with van der Waals surface area (Å²) in [7, 11) is 0. The maximum absolute atomic E-state index is 5.66. The number of fused-ring (bicyclic) bond motifs is 3. The Bertz CT molecular complexity index is 1310. The first-order valence-electron chi connectivity index (χ1n) is 9.79. The minimum Gasteiger partial charge on any atom is -0.454 e. The van der Waals surface area contributed by atoms with Gasteiger partial charge in [0.05, 0.1) is 0 Å². The second-order valence-corrected chi connectivity index (χ2v) is 7.28. The van der Waals surface area contributed by atoms with E-state index in [2.05, 4.69) is 91.0 Å². The monoisotopic (exact) mass is 374 g/mol. The lowest BCUT2D eigenvalue weighted by Crippen LogP contribution is -1.93. The van der Waals surface area contributed by atoms with Gasteiger partial charge >= 0.3 is 0 Å². The zero-order valence-corrected chi connectivity index (χ0v) is 15.8. The predicted octanol–water partition coefficient (Wildman–Crippen LogP) is 7.06. The van der Waals surface area contributed by atoms with E-state index in [1.165, 1.54) is 38.2 Å². The summed E-state index contributed by atoms with van der Waals surface area (Å²) >= 11 is 0. The molecule has 0 aliphatic carbocycles. The van der Waals surface area contributed by atoms with Gasteiger partial charge in [0.15, 0.2) is 11.5 Å². The van der Waals surface area contributed by atoms with Crippen molar-refractivity contribution in [2.75, 3.05) is 6.79 Å². The quantitative estimate of drug-likeness (QED) is 0.308. The van der Waals surface area contributed by atoms with Crippen LogP contribution in [0, 0.1) is 0 Å². The van der Waals surface area contributed by atoms with Gasteiger partial charge in [-0.3, -0.25) is 0 Å². The summed E-state index contributed by atoms with van der Waals surface area (Å²) in [5.41, 5.74) is 4.88. The minimum atomic E-state index is 0.285. The van der Waals surface area contributed by atoms with Crippen molar-refractivity contribution in [1.29, 1.82) is 0 Å². The fourth-order valence-corrected chi connectivity index (χ4v) is 4.41. The smallest absolute Gasteiger partial charge is 0.231 e. The fraction of sp³-hybridized carbons (Fsp3) is 0.0370. The van der Waals surface area contributed by atoms with E-state index in [1.807, 2.05) is 6.07 Å². The van der Waals surface area contributed by atoms with Crippen LogP contribution in [0.1, 0.15) is 0 Å². The van der Waals surface area contributed by atoms with E-state index in [1.54, 1.807) is 0 Å². The second kappa shape index (κ2) is 6.39. The second-order valence-electron chi connectivity index (χ2n) is 7.28. The van der Waals surface area contributed by atoms with Crippen molar-refractivity contribution in [3.63, 3.8) is 0 Å². The van der Waals surface area contributed by atoms with Crippen LogP contribution in [0.25, 0.3) is 43.8 Å². The Labute approximate surface area is 168 Å². The lowest BCUT2D eigenvalue weighted by molar-refractivity contribution is 0.174. The molecule has 0 saturated heterocycles. The number of hydrogen-bond donors (Lipinski definition) is 0. The highest BCUT2D eigenvalue weighted by molar-refractivity contribution is 6.21. The molecule has 0 unspecified atom stereocenters. The molecule has 5 aromatic carbocycles. The molecule has 5 aromatic rings. The molecule has 0 N–H and O–H groups in total. The maximum Gasteiger partial charge on any atom is 0.231 e. The van der Waals surface area contributed by atoms with E-state index in [0.717, 1.165) is 17.1 Å². The Morgan fingerprint density at radius 3 is 1.59 bits per heavy atom. The first kappa shape index (κ1) is 16.2. The van der Waals surface area contributed by atoms with Gasteiger partial charge in [0.1, 0.15) is 0 Å². The van der Waals surface area contributed by atoms with E-state index in [-0.39, 0.29) is 6.79 Å². The third-order valence-electron chi connectivity index (χ3n) is 5.66. The van der Waals surface area contributed by atoms with E-state index in [0.29, 0.717) is 0 Å². The van der Waals surface area contributed by atoms with Gasteiger partial charge in [0, 0.05) is 0 Å². The molecule has 0 atom stereocenters. The lowest BCUT2D eigenvalue weighted by atomic mass is 9.86. The molecule has 0 saturated carbocycles. The summed E-state index contributed by atoms with van der Waals surface area (Å²) in [4.78, 5) is 0. The van der Waals surface area contributed by atoms with Gasteiger partial charge in [-0.1, -0.05) is 84.9 Å². The first-order valence-corrected chi connectivity index (χ1v) is 9.79. The predicted molar refractivity (Wildman–Crippen MR) is 118 cm³/mol. The number of benzene rings is 5. The Morgan fingerprint density at radius 2 is 0.966 bits per heavy atom. The molecule has 1 heterocycles. The van der Waals surface area contributed by atoms with Gasteiger partial charge in [-0.05, 0) is 55.9 Å². The zero-order chi connectivity index (χ0) is 19.2. The SMILES string of the molecule is c1ccc(-c2c3ccccc3c(-c3ccc4c(c3)OCO4)c3ccccc23)cc1. The number of ether oxygens (including phenoxy) is 2. The molecule has 0 bridgehead atoms. The van der Waals surface area contributed by atoms with Crippen LogP contribution in [0.2, 0.25) is 0 Å². The third kappa shape index (κ3) is 2.50. The molecular weight excluding hydrogens is 356 g/mol. The third-order valence-corrected chi connectivity index (χ3v) is 5.66. The molecule has 6 rings (SSSR count). The summed E-state index contributed by atoms with van der Waals surface area (Å²) in [6.07, 6.45) is 0. The molecule has 138 valence electrons. The highest BCUT2D eigenvalue weighted by atomic mass is 16.7. The van der Waals surface area contributed by atoms with Crippen molar-refractivity contribution in [3.8, 4) is 33.8 Å². The highest BCUT2D eigenvalue weighted by Crippen LogP contribution is 2.45. The summed E-state index contributed by atoms with van der Waals surface area (Å²) < 4.78 is 11.2. The van der Waals surface area contributed by atoms with Gasteiger partial charge in [-0.15, -0.1) is 0 Å². The normalized spacial score (nSPS) is 12.6. The van der Waals surface area contributed by atoms with Gasteiger partial charge in [-0.2, -0.15) is 0 Å². The molecule has 1 aliphatic heterocycles. The molecule has 0 aromatic heterocycles. The molecule has 0 amide bonds. The van der Waals surface area contributed by atoms with Crippen LogP contribution < -0.4 is 9.47 Å². The number of hydrogen-bond acceptors (Lipinski definition) is 2. The summed E-state index contributed by atoms with van der Waals surface area (Å²) in [5, 5.41) is 4.99. The van der Waals surface area contributed by atoms with Crippen molar-refractivity contribution in [2.45, 2.75) is 0 Å². The molecule has 0 fully saturated rings. The molecule has 2 heteroatoms. The molecule has 29 heavy (non-hydrogen) atoms. The largest absolute Gasteiger partial charge is 0.454 e. The molecule has 1 aliphatic rings. The Hall–Kier alpha value is -3.78. The van der Waals surface area contributed by atoms with Crippen molar-refractivity contribution in [1.82, 2.24) is 0 Å². The summed E-state index contributed by atoms with van der Waals surface area (Å²) in [5.74, 6) is 1.62. The average Bonchev–Trinajstić information content (AvgIpc) is 3.26. The Morgan fingerprint density at radius 1 is 0.448 bits per heavy atom. The van der Waals surface area contributed by atoms with Gasteiger partial charge in [0.2, 0.25) is 6.79 Å². The van der Waals surface area contributed by atoms with Crippen molar-refractivity contribution in [3.05, 3.63) is 97.1 Å². The van der Waals surface area contributed by atoms with Crippen LogP contribution in [-0.4, -0.2) is 6.79 Å². The van der Waals surface area contributed by atoms with Gasteiger partial charge < -0.3 is 9.47 Å². The van der Waals surface area contributed by atoms with Crippen molar-refractivity contribution in [2.24, 2.45) is 0 Å². The van der Waals surface area contributed by atoms with E-state index < -0.39 is 0 Å². The Balaban J connectivity index is 1.77. The van der Waals surface area contributed by atoms with Crippen LogP contribution in [0.3, 0.4) is 0 Å². The van der Waals surface area contributed by atoms with Crippen LogP contribution in [0.4, 0.5) is 0 Å². The van der Waals surface area contributed by atoms with Crippen LogP contribution in [0.5, 0.6) is 11.5 Å². The Kier molecular flexibility index (Phi) is 3.57. The number of rotatable bonds is 2. The molecule has 2 nitrogen and oxygen atoms in total. The van der Waals surface area contributed by atoms with Gasteiger partial charge in [-0.25, -0.2) is 0 Å².